The molecule has 0 aromatic carbocycles. The Morgan fingerprint density at radius 2 is 2.20 bits per heavy atom. The molecule has 2 atom stereocenters. The average molecular weight is 226 g/mol. The van der Waals surface area contributed by atoms with E-state index in [9.17, 15) is 4.79 Å². The Bertz CT molecular complexity index is 361. The van der Waals surface area contributed by atoms with Crippen molar-refractivity contribution in [3.8, 4) is 0 Å². The van der Waals surface area contributed by atoms with Gasteiger partial charge in [-0.15, -0.1) is 0 Å². The van der Waals surface area contributed by atoms with Crippen molar-refractivity contribution in [2.45, 2.75) is 23.0 Å². The van der Waals surface area contributed by atoms with Crippen LogP contribution < -0.4 is 0 Å². The summed E-state index contributed by atoms with van der Waals surface area (Å²) in [6.07, 6.45) is 5.68. The molecule has 1 aliphatic carbocycles. The zero-order valence-corrected chi connectivity index (χ0v) is 9.89. The first-order chi connectivity index (χ1) is 7.17. The van der Waals surface area contributed by atoms with E-state index in [0.29, 0.717) is 0 Å². The predicted molar refractivity (Wildman–Crippen MR) is 59.6 cm³/mol. The van der Waals surface area contributed by atoms with Crippen LogP contribution in [0.2, 0.25) is 0 Å². The number of methoxy groups -OCH3 is 2. The standard InChI is InChI=1S/C11H14O3S/c1-4-8-5-11(14-3)10(7-12,15-11)6-9(8)13-2/h5-7H,4H2,1-3H3. The van der Waals surface area contributed by atoms with Crippen molar-refractivity contribution >= 4 is 18.0 Å². The van der Waals surface area contributed by atoms with Gasteiger partial charge in [0.25, 0.3) is 0 Å². The summed E-state index contributed by atoms with van der Waals surface area (Å²) >= 11 is 1.51. The lowest BCUT2D eigenvalue weighted by Gasteiger charge is -2.21. The summed E-state index contributed by atoms with van der Waals surface area (Å²) in [5.41, 5.74) is 1.10. The second-order valence-electron chi connectivity index (χ2n) is 3.62. The second kappa shape index (κ2) is 3.39. The van der Waals surface area contributed by atoms with Gasteiger partial charge < -0.3 is 14.3 Å². The van der Waals surface area contributed by atoms with Gasteiger partial charge in [0.2, 0.25) is 0 Å². The number of hydrogen-bond acceptors (Lipinski definition) is 4. The fourth-order valence-corrected chi connectivity index (χ4v) is 3.15. The smallest absolute Gasteiger partial charge is 0.159 e. The van der Waals surface area contributed by atoms with E-state index in [0.717, 1.165) is 24.0 Å². The van der Waals surface area contributed by atoms with Crippen molar-refractivity contribution in [3.63, 3.8) is 0 Å². The molecule has 0 spiro atoms. The summed E-state index contributed by atoms with van der Waals surface area (Å²) in [4.78, 5) is 10.6. The van der Waals surface area contributed by atoms with Gasteiger partial charge >= 0.3 is 0 Å². The molecular weight excluding hydrogens is 212 g/mol. The van der Waals surface area contributed by atoms with Crippen molar-refractivity contribution in [3.05, 3.63) is 23.5 Å². The lowest BCUT2D eigenvalue weighted by molar-refractivity contribution is -0.110. The van der Waals surface area contributed by atoms with Gasteiger partial charge in [0.05, 0.1) is 7.11 Å². The molecule has 2 unspecified atom stereocenters. The molecule has 0 bridgehead atoms. The number of carbonyl (C=O) groups excluding carboxylic acids is 1. The summed E-state index contributed by atoms with van der Waals surface area (Å²) in [6.45, 7) is 2.06. The number of aldehydes is 1. The van der Waals surface area contributed by atoms with Crippen LogP contribution in [0.25, 0.3) is 0 Å². The first-order valence-electron chi connectivity index (χ1n) is 4.87. The molecule has 0 aromatic rings. The van der Waals surface area contributed by atoms with Crippen LogP contribution in [0.15, 0.2) is 23.5 Å². The third-order valence-corrected chi connectivity index (χ3v) is 4.51. The Hall–Kier alpha value is -0.740. The maximum Gasteiger partial charge on any atom is 0.159 e. The lowest BCUT2D eigenvalue weighted by Crippen LogP contribution is -2.29. The minimum atomic E-state index is -0.564. The van der Waals surface area contributed by atoms with E-state index in [-0.39, 0.29) is 0 Å². The summed E-state index contributed by atoms with van der Waals surface area (Å²) in [5, 5.41) is 0. The molecule has 1 aliphatic heterocycles. The first kappa shape index (κ1) is 10.8. The van der Waals surface area contributed by atoms with Crippen molar-refractivity contribution < 1.29 is 14.3 Å². The van der Waals surface area contributed by atoms with Gasteiger partial charge in [0.1, 0.15) is 16.8 Å². The number of allylic oxidation sites excluding steroid dienone is 1. The highest BCUT2D eigenvalue weighted by molar-refractivity contribution is 8.10. The largest absolute Gasteiger partial charge is 0.497 e. The number of thioether (sulfide) groups is 1. The van der Waals surface area contributed by atoms with Gasteiger partial charge in [0, 0.05) is 7.11 Å². The van der Waals surface area contributed by atoms with E-state index < -0.39 is 9.68 Å². The highest BCUT2D eigenvalue weighted by Crippen LogP contribution is 2.67. The summed E-state index contributed by atoms with van der Waals surface area (Å²) in [5.74, 6) is 0.794. The summed E-state index contributed by atoms with van der Waals surface area (Å²) in [6, 6.07) is 0. The van der Waals surface area contributed by atoms with Gasteiger partial charge in [-0.3, -0.25) is 0 Å². The van der Waals surface area contributed by atoms with Crippen molar-refractivity contribution in [2.24, 2.45) is 0 Å². The monoisotopic (exact) mass is 226 g/mol. The minimum absolute atomic E-state index is 0.484. The number of ether oxygens (including phenoxy) is 2. The molecule has 0 saturated carbocycles. The topological polar surface area (TPSA) is 35.5 Å². The fraction of sp³-hybridized carbons (Fsp3) is 0.545. The molecule has 0 amide bonds. The van der Waals surface area contributed by atoms with Crippen molar-refractivity contribution in [1.82, 2.24) is 0 Å². The highest BCUT2D eigenvalue weighted by Gasteiger charge is 2.70. The zero-order valence-electron chi connectivity index (χ0n) is 9.07. The lowest BCUT2D eigenvalue weighted by atomic mass is 9.92. The van der Waals surface area contributed by atoms with Crippen LogP contribution in [0.3, 0.4) is 0 Å². The maximum absolute atomic E-state index is 11.1. The first-order valence-corrected chi connectivity index (χ1v) is 5.69. The third kappa shape index (κ3) is 1.28. The van der Waals surface area contributed by atoms with Crippen LogP contribution in [-0.2, 0) is 14.3 Å². The molecule has 4 heteroatoms. The van der Waals surface area contributed by atoms with E-state index in [4.69, 9.17) is 9.47 Å². The Morgan fingerprint density at radius 3 is 2.67 bits per heavy atom. The molecule has 2 aliphatic rings. The van der Waals surface area contributed by atoms with Crippen molar-refractivity contribution in [1.29, 1.82) is 0 Å². The Balaban J connectivity index is 2.41. The molecule has 0 radical (unpaired) electrons. The normalized spacial score (nSPS) is 37.5. The molecule has 1 saturated heterocycles. The summed E-state index contributed by atoms with van der Waals surface area (Å²) < 4.78 is 10.1. The molecule has 1 heterocycles. The van der Waals surface area contributed by atoms with Crippen molar-refractivity contribution in [2.75, 3.05) is 14.2 Å². The zero-order chi connectivity index (χ0) is 11.1. The fourth-order valence-electron chi connectivity index (χ4n) is 1.95. The van der Waals surface area contributed by atoms with Crippen LogP contribution in [0.1, 0.15) is 13.3 Å². The number of fused-ring (bicyclic) bond motifs is 1. The van der Waals surface area contributed by atoms with E-state index in [2.05, 4.69) is 6.92 Å². The predicted octanol–water partition coefficient (Wildman–Crippen LogP) is 1.89. The minimum Gasteiger partial charge on any atom is -0.497 e. The van der Waals surface area contributed by atoms with Crippen LogP contribution >= 0.6 is 11.8 Å². The molecule has 0 aromatic heterocycles. The van der Waals surface area contributed by atoms with E-state index in [1.165, 1.54) is 11.8 Å². The van der Waals surface area contributed by atoms with Gasteiger partial charge in [-0.05, 0) is 24.1 Å². The number of carbonyl (C=O) groups is 1. The van der Waals surface area contributed by atoms with Gasteiger partial charge in [-0.2, -0.15) is 0 Å². The second-order valence-corrected chi connectivity index (χ2v) is 5.11. The van der Waals surface area contributed by atoms with E-state index >= 15 is 0 Å². The number of rotatable bonds is 4. The van der Waals surface area contributed by atoms with Crippen LogP contribution in [0.5, 0.6) is 0 Å². The van der Waals surface area contributed by atoms with Crippen LogP contribution in [0.4, 0.5) is 0 Å². The van der Waals surface area contributed by atoms with Crippen LogP contribution in [0, 0.1) is 0 Å². The Kier molecular flexibility index (Phi) is 2.43. The molecule has 0 N–H and O–H groups in total. The van der Waals surface area contributed by atoms with Gasteiger partial charge in [0.15, 0.2) is 4.93 Å². The van der Waals surface area contributed by atoms with Gasteiger partial charge in [-0.25, -0.2) is 0 Å². The van der Waals surface area contributed by atoms with Gasteiger partial charge in [-0.1, -0.05) is 18.7 Å². The van der Waals surface area contributed by atoms with E-state index in [1.807, 2.05) is 12.2 Å². The Morgan fingerprint density at radius 1 is 1.47 bits per heavy atom. The average Bonchev–Trinajstić information content (AvgIpc) is 2.96. The molecular formula is C11H14O3S. The molecule has 15 heavy (non-hydrogen) atoms. The number of hydrogen-bond donors (Lipinski definition) is 0. The molecule has 2 rings (SSSR count). The molecule has 82 valence electrons. The highest BCUT2D eigenvalue weighted by atomic mass is 32.2. The molecule has 3 nitrogen and oxygen atoms in total. The quantitative estimate of drug-likeness (QED) is 0.542. The molecule has 1 fully saturated rings. The van der Waals surface area contributed by atoms with Crippen LogP contribution in [-0.4, -0.2) is 30.2 Å². The maximum atomic E-state index is 11.1. The SMILES string of the molecule is CCC1=CC2(OC)SC2(C=O)C=C1OC. The third-order valence-electron chi connectivity index (χ3n) is 2.93. The van der Waals surface area contributed by atoms with E-state index in [1.54, 1.807) is 14.2 Å². The Labute approximate surface area is 93.5 Å². The summed E-state index contributed by atoms with van der Waals surface area (Å²) in [7, 11) is 3.26.